The molecule has 0 spiro atoms. The monoisotopic (exact) mass is 305 g/mol. The summed E-state index contributed by atoms with van der Waals surface area (Å²) in [5, 5.41) is 0. The summed E-state index contributed by atoms with van der Waals surface area (Å²) in [6.45, 7) is 7.73. The zero-order valence-electron chi connectivity index (χ0n) is 14.0. The lowest BCUT2D eigenvalue weighted by molar-refractivity contribution is 0.721. The van der Waals surface area contributed by atoms with E-state index in [2.05, 4.69) is 73.9 Å². The van der Waals surface area contributed by atoms with Crippen molar-refractivity contribution in [1.82, 2.24) is 9.55 Å². The van der Waals surface area contributed by atoms with E-state index in [1.165, 1.54) is 22.3 Å². The number of nitrogens with zero attached hydrogens (tertiary/aromatic N) is 2. The van der Waals surface area contributed by atoms with Gasteiger partial charge in [0.2, 0.25) is 0 Å². The van der Waals surface area contributed by atoms with E-state index in [1.807, 2.05) is 0 Å². The summed E-state index contributed by atoms with van der Waals surface area (Å²) in [6.07, 6.45) is 4.18. The fraction of sp³-hybridized carbons (Fsp3) is 0.250. The minimum atomic E-state index is 0.601. The van der Waals surface area contributed by atoms with Crippen LogP contribution in [0.1, 0.15) is 28.1 Å². The SMILES string of the molecule is Cc1ccc(/C=C/c2nc3cc(C)c(C)cc3n2CCN)cc1. The quantitative estimate of drug-likeness (QED) is 0.789. The van der Waals surface area contributed by atoms with Gasteiger partial charge in [-0.05, 0) is 55.7 Å². The van der Waals surface area contributed by atoms with E-state index < -0.39 is 0 Å². The van der Waals surface area contributed by atoms with Crippen LogP contribution in [-0.2, 0) is 6.54 Å². The highest BCUT2D eigenvalue weighted by atomic mass is 15.1. The molecule has 118 valence electrons. The van der Waals surface area contributed by atoms with Crippen molar-refractivity contribution in [2.75, 3.05) is 6.54 Å². The van der Waals surface area contributed by atoms with Gasteiger partial charge in [0, 0.05) is 13.1 Å². The van der Waals surface area contributed by atoms with Crippen LogP contribution in [-0.4, -0.2) is 16.1 Å². The molecule has 0 bridgehead atoms. The molecule has 3 heteroatoms. The largest absolute Gasteiger partial charge is 0.329 e. The minimum Gasteiger partial charge on any atom is -0.329 e. The molecule has 0 fully saturated rings. The van der Waals surface area contributed by atoms with Crippen molar-refractivity contribution >= 4 is 23.2 Å². The van der Waals surface area contributed by atoms with E-state index in [0.29, 0.717) is 6.54 Å². The molecule has 0 radical (unpaired) electrons. The lowest BCUT2D eigenvalue weighted by Gasteiger charge is -2.06. The number of aromatic nitrogens is 2. The molecule has 2 aromatic carbocycles. The van der Waals surface area contributed by atoms with Gasteiger partial charge in [-0.3, -0.25) is 0 Å². The summed E-state index contributed by atoms with van der Waals surface area (Å²) in [7, 11) is 0. The van der Waals surface area contributed by atoms with Crippen LogP contribution in [0.5, 0.6) is 0 Å². The lowest BCUT2D eigenvalue weighted by Crippen LogP contribution is -2.11. The summed E-state index contributed by atoms with van der Waals surface area (Å²) in [5.41, 5.74) is 13.0. The molecule has 0 atom stereocenters. The van der Waals surface area contributed by atoms with Gasteiger partial charge in [-0.2, -0.15) is 0 Å². The lowest BCUT2D eigenvalue weighted by atomic mass is 10.1. The molecule has 0 aliphatic rings. The molecular weight excluding hydrogens is 282 g/mol. The van der Waals surface area contributed by atoms with Crippen LogP contribution >= 0.6 is 0 Å². The van der Waals surface area contributed by atoms with E-state index in [0.717, 1.165) is 23.4 Å². The standard InChI is InChI=1S/C20H23N3/c1-14-4-6-17(7-5-14)8-9-20-22-18-12-15(2)16(3)13-19(18)23(20)11-10-21/h4-9,12-13H,10-11,21H2,1-3H3/b9-8+. The van der Waals surface area contributed by atoms with Crippen LogP contribution in [0.2, 0.25) is 0 Å². The third-order valence-electron chi connectivity index (χ3n) is 4.25. The summed E-state index contributed by atoms with van der Waals surface area (Å²) in [4.78, 5) is 4.79. The highest BCUT2D eigenvalue weighted by Crippen LogP contribution is 2.22. The number of hydrogen-bond donors (Lipinski definition) is 1. The first-order valence-electron chi connectivity index (χ1n) is 8.01. The fourth-order valence-corrected chi connectivity index (χ4v) is 2.74. The summed E-state index contributed by atoms with van der Waals surface area (Å²) in [5.74, 6) is 0.955. The first-order chi connectivity index (χ1) is 11.1. The predicted octanol–water partition coefficient (Wildman–Crippen LogP) is 4.09. The van der Waals surface area contributed by atoms with Crippen LogP contribution in [0, 0.1) is 20.8 Å². The van der Waals surface area contributed by atoms with Crippen LogP contribution in [0.25, 0.3) is 23.2 Å². The fourth-order valence-electron chi connectivity index (χ4n) is 2.74. The average molecular weight is 305 g/mol. The smallest absolute Gasteiger partial charge is 0.133 e. The zero-order chi connectivity index (χ0) is 16.4. The third-order valence-corrected chi connectivity index (χ3v) is 4.25. The van der Waals surface area contributed by atoms with Crippen molar-refractivity contribution in [1.29, 1.82) is 0 Å². The van der Waals surface area contributed by atoms with Gasteiger partial charge < -0.3 is 10.3 Å². The number of hydrogen-bond acceptors (Lipinski definition) is 2. The Labute approximate surface area is 137 Å². The molecule has 3 rings (SSSR count). The van der Waals surface area contributed by atoms with E-state index in [4.69, 9.17) is 10.7 Å². The Morgan fingerprint density at radius 3 is 2.39 bits per heavy atom. The molecule has 0 unspecified atom stereocenters. The Balaban J connectivity index is 2.05. The summed E-state index contributed by atoms with van der Waals surface area (Å²) in [6, 6.07) is 12.8. The average Bonchev–Trinajstić information content (AvgIpc) is 2.85. The third kappa shape index (κ3) is 3.20. The number of benzene rings is 2. The second-order valence-corrected chi connectivity index (χ2v) is 6.08. The van der Waals surface area contributed by atoms with Crippen LogP contribution in [0.3, 0.4) is 0 Å². The zero-order valence-corrected chi connectivity index (χ0v) is 14.0. The van der Waals surface area contributed by atoms with Gasteiger partial charge in [-0.1, -0.05) is 35.9 Å². The van der Waals surface area contributed by atoms with E-state index in [-0.39, 0.29) is 0 Å². The number of aryl methyl sites for hydroxylation is 3. The molecule has 3 aromatic rings. The van der Waals surface area contributed by atoms with Gasteiger partial charge in [0.25, 0.3) is 0 Å². The topological polar surface area (TPSA) is 43.8 Å². The predicted molar refractivity (Wildman–Crippen MR) is 98.4 cm³/mol. The Hall–Kier alpha value is -2.39. The minimum absolute atomic E-state index is 0.601. The molecule has 0 aliphatic carbocycles. The number of rotatable bonds is 4. The van der Waals surface area contributed by atoms with Crippen LogP contribution in [0.4, 0.5) is 0 Å². The maximum Gasteiger partial charge on any atom is 0.133 e. The van der Waals surface area contributed by atoms with Crippen molar-refractivity contribution in [2.24, 2.45) is 5.73 Å². The van der Waals surface area contributed by atoms with Crippen LogP contribution in [0.15, 0.2) is 36.4 Å². The maximum atomic E-state index is 5.80. The van der Waals surface area contributed by atoms with Gasteiger partial charge in [-0.15, -0.1) is 0 Å². The van der Waals surface area contributed by atoms with Crippen molar-refractivity contribution in [3.8, 4) is 0 Å². The Kier molecular flexibility index (Phi) is 4.30. The van der Waals surface area contributed by atoms with Crippen molar-refractivity contribution in [2.45, 2.75) is 27.3 Å². The molecule has 3 nitrogen and oxygen atoms in total. The highest BCUT2D eigenvalue weighted by Gasteiger charge is 2.09. The normalized spacial score (nSPS) is 11.7. The van der Waals surface area contributed by atoms with E-state index in [9.17, 15) is 0 Å². The van der Waals surface area contributed by atoms with Crippen molar-refractivity contribution in [3.05, 3.63) is 64.5 Å². The first-order valence-corrected chi connectivity index (χ1v) is 8.01. The molecule has 2 N–H and O–H groups in total. The van der Waals surface area contributed by atoms with Gasteiger partial charge in [0.15, 0.2) is 0 Å². The molecule has 0 amide bonds. The van der Waals surface area contributed by atoms with Crippen molar-refractivity contribution < 1.29 is 0 Å². The second-order valence-electron chi connectivity index (χ2n) is 6.08. The van der Waals surface area contributed by atoms with E-state index in [1.54, 1.807) is 0 Å². The van der Waals surface area contributed by atoms with Gasteiger partial charge in [0.1, 0.15) is 5.82 Å². The maximum absolute atomic E-state index is 5.80. The summed E-state index contributed by atoms with van der Waals surface area (Å²) < 4.78 is 2.20. The molecule has 0 saturated carbocycles. The molecular formula is C20H23N3. The summed E-state index contributed by atoms with van der Waals surface area (Å²) >= 11 is 0. The number of nitrogens with two attached hydrogens (primary N) is 1. The highest BCUT2D eigenvalue weighted by molar-refractivity contribution is 5.81. The van der Waals surface area contributed by atoms with Crippen molar-refractivity contribution in [3.63, 3.8) is 0 Å². The first kappa shape index (κ1) is 15.5. The Morgan fingerprint density at radius 2 is 1.70 bits per heavy atom. The Morgan fingerprint density at radius 1 is 1.00 bits per heavy atom. The molecule has 1 heterocycles. The second kappa shape index (κ2) is 6.39. The molecule has 0 saturated heterocycles. The molecule has 0 aliphatic heterocycles. The Bertz CT molecular complexity index is 855. The number of imidazole rings is 1. The van der Waals surface area contributed by atoms with E-state index >= 15 is 0 Å². The van der Waals surface area contributed by atoms with Gasteiger partial charge in [0.05, 0.1) is 11.0 Å². The molecule has 23 heavy (non-hydrogen) atoms. The molecule has 1 aromatic heterocycles. The van der Waals surface area contributed by atoms with Gasteiger partial charge in [-0.25, -0.2) is 4.98 Å². The van der Waals surface area contributed by atoms with Crippen LogP contribution < -0.4 is 5.73 Å². The number of fused-ring (bicyclic) bond motifs is 1. The van der Waals surface area contributed by atoms with Gasteiger partial charge >= 0.3 is 0 Å².